The van der Waals surface area contributed by atoms with Crippen LogP contribution in [-0.4, -0.2) is 22.1 Å². The number of carbonyl (C=O) groups is 1. The first-order valence-corrected chi connectivity index (χ1v) is 6.20. The number of nitrogens with zero attached hydrogens (tertiary/aromatic N) is 2. The van der Waals surface area contributed by atoms with Gasteiger partial charge in [0.2, 0.25) is 0 Å². The molecule has 1 heterocycles. The highest BCUT2D eigenvalue weighted by atomic mass is 16.5. The van der Waals surface area contributed by atoms with Crippen LogP contribution in [0.1, 0.15) is 24.9 Å². The Hall–Kier alpha value is -2.14. The molecule has 19 heavy (non-hydrogen) atoms. The van der Waals surface area contributed by atoms with Gasteiger partial charge >= 0.3 is 5.97 Å². The number of benzene rings is 1. The predicted molar refractivity (Wildman–Crippen MR) is 71.7 cm³/mol. The molecule has 0 aliphatic heterocycles. The van der Waals surface area contributed by atoms with E-state index in [1.807, 2.05) is 35.0 Å². The van der Waals surface area contributed by atoms with E-state index >= 15 is 0 Å². The maximum atomic E-state index is 11.4. The Morgan fingerprint density at radius 1 is 1.53 bits per heavy atom. The molecule has 2 N–H and O–H groups in total. The number of imidazole rings is 1. The number of hydrogen-bond acceptors (Lipinski definition) is 4. The van der Waals surface area contributed by atoms with Gasteiger partial charge in [-0.1, -0.05) is 12.1 Å². The quantitative estimate of drug-likeness (QED) is 0.831. The molecule has 0 aliphatic carbocycles. The van der Waals surface area contributed by atoms with E-state index in [1.165, 1.54) is 0 Å². The van der Waals surface area contributed by atoms with Crippen molar-refractivity contribution in [3.05, 3.63) is 48.5 Å². The van der Waals surface area contributed by atoms with Gasteiger partial charge in [0.15, 0.2) is 0 Å². The molecular weight excluding hydrogens is 242 g/mol. The van der Waals surface area contributed by atoms with Crippen molar-refractivity contribution in [3.63, 3.8) is 0 Å². The molecule has 5 nitrogen and oxygen atoms in total. The Morgan fingerprint density at radius 2 is 2.37 bits per heavy atom. The molecule has 0 aliphatic rings. The van der Waals surface area contributed by atoms with Crippen LogP contribution in [-0.2, 0) is 9.53 Å². The highest BCUT2D eigenvalue weighted by molar-refractivity contribution is 5.70. The summed E-state index contributed by atoms with van der Waals surface area (Å²) >= 11 is 0. The summed E-state index contributed by atoms with van der Waals surface area (Å²) in [5, 5.41) is 0. The van der Waals surface area contributed by atoms with Gasteiger partial charge in [0.05, 0.1) is 19.4 Å². The second-order valence-electron chi connectivity index (χ2n) is 4.18. The van der Waals surface area contributed by atoms with Crippen LogP contribution in [0.5, 0.6) is 0 Å². The standard InChI is InChI=1S/C14H17N3O2/c1-2-19-14(18)9-13(15)11-4-3-5-12(8-11)17-7-6-16-10-17/h3-8,10,13H,2,9,15H2,1H3. The molecule has 0 fully saturated rings. The Labute approximate surface area is 112 Å². The number of hydrogen-bond donors (Lipinski definition) is 1. The topological polar surface area (TPSA) is 70.1 Å². The van der Waals surface area contributed by atoms with Crippen LogP contribution in [0.3, 0.4) is 0 Å². The van der Waals surface area contributed by atoms with Crippen LogP contribution >= 0.6 is 0 Å². The van der Waals surface area contributed by atoms with Crippen molar-refractivity contribution in [3.8, 4) is 5.69 Å². The minimum atomic E-state index is -0.359. The van der Waals surface area contributed by atoms with Crippen LogP contribution in [0.15, 0.2) is 43.0 Å². The molecular formula is C14H17N3O2. The number of esters is 1. The smallest absolute Gasteiger partial charge is 0.307 e. The SMILES string of the molecule is CCOC(=O)CC(N)c1cccc(-n2ccnc2)c1. The fourth-order valence-electron chi connectivity index (χ4n) is 1.85. The zero-order valence-corrected chi connectivity index (χ0v) is 10.8. The Balaban J connectivity index is 2.12. The maximum absolute atomic E-state index is 11.4. The highest BCUT2D eigenvalue weighted by Gasteiger charge is 2.13. The van der Waals surface area contributed by atoms with Gasteiger partial charge in [0.1, 0.15) is 0 Å². The van der Waals surface area contributed by atoms with Crippen molar-refractivity contribution < 1.29 is 9.53 Å². The van der Waals surface area contributed by atoms with Gasteiger partial charge in [0.25, 0.3) is 0 Å². The molecule has 2 aromatic rings. The molecule has 0 bridgehead atoms. The molecule has 1 aromatic heterocycles. The normalized spacial score (nSPS) is 12.1. The largest absolute Gasteiger partial charge is 0.466 e. The summed E-state index contributed by atoms with van der Waals surface area (Å²) in [6.45, 7) is 2.16. The summed E-state index contributed by atoms with van der Waals surface area (Å²) < 4.78 is 6.79. The molecule has 0 saturated carbocycles. The van der Waals surface area contributed by atoms with Gasteiger partial charge in [-0.15, -0.1) is 0 Å². The fraction of sp³-hybridized carbons (Fsp3) is 0.286. The minimum absolute atomic E-state index is 0.182. The molecule has 1 aromatic carbocycles. The van der Waals surface area contributed by atoms with Crippen LogP contribution in [0.4, 0.5) is 0 Å². The summed E-state index contributed by atoms with van der Waals surface area (Å²) in [5.74, 6) is -0.275. The fourth-order valence-corrected chi connectivity index (χ4v) is 1.85. The third-order valence-corrected chi connectivity index (χ3v) is 2.79. The number of nitrogens with two attached hydrogens (primary N) is 1. The monoisotopic (exact) mass is 259 g/mol. The molecule has 0 saturated heterocycles. The van der Waals surface area contributed by atoms with E-state index in [-0.39, 0.29) is 18.4 Å². The molecule has 0 spiro atoms. The van der Waals surface area contributed by atoms with Gasteiger partial charge in [-0.2, -0.15) is 0 Å². The molecule has 0 amide bonds. The number of carbonyl (C=O) groups excluding carboxylic acids is 1. The van der Waals surface area contributed by atoms with Crippen molar-refractivity contribution in [2.75, 3.05) is 6.61 Å². The minimum Gasteiger partial charge on any atom is -0.466 e. The number of rotatable bonds is 5. The molecule has 0 radical (unpaired) electrons. The van der Waals surface area contributed by atoms with E-state index in [2.05, 4.69) is 4.98 Å². The third kappa shape index (κ3) is 3.42. The van der Waals surface area contributed by atoms with E-state index in [4.69, 9.17) is 10.5 Å². The lowest BCUT2D eigenvalue weighted by Crippen LogP contribution is -2.17. The van der Waals surface area contributed by atoms with E-state index in [0.29, 0.717) is 6.61 Å². The third-order valence-electron chi connectivity index (χ3n) is 2.79. The number of aromatic nitrogens is 2. The average Bonchev–Trinajstić information content (AvgIpc) is 2.93. The second-order valence-corrected chi connectivity index (χ2v) is 4.18. The van der Waals surface area contributed by atoms with Crippen molar-refractivity contribution in [2.24, 2.45) is 5.73 Å². The Morgan fingerprint density at radius 3 is 3.05 bits per heavy atom. The summed E-state index contributed by atoms with van der Waals surface area (Å²) in [7, 11) is 0. The summed E-state index contributed by atoms with van der Waals surface area (Å²) in [6.07, 6.45) is 5.47. The van der Waals surface area contributed by atoms with Crippen LogP contribution in [0.2, 0.25) is 0 Å². The molecule has 100 valence electrons. The summed E-state index contributed by atoms with van der Waals surface area (Å²) in [6, 6.07) is 7.37. The van der Waals surface area contributed by atoms with Crippen LogP contribution in [0.25, 0.3) is 5.69 Å². The second kappa shape index (κ2) is 6.15. The van der Waals surface area contributed by atoms with Crippen molar-refractivity contribution >= 4 is 5.97 Å². The Bertz CT molecular complexity index is 537. The molecule has 2 rings (SSSR count). The highest BCUT2D eigenvalue weighted by Crippen LogP contribution is 2.18. The van der Waals surface area contributed by atoms with Crippen molar-refractivity contribution in [2.45, 2.75) is 19.4 Å². The molecule has 5 heteroatoms. The van der Waals surface area contributed by atoms with Gasteiger partial charge in [-0.05, 0) is 24.6 Å². The van der Waals surface area contributed by atoms with Gasteiger partial charge < -0.3 is 15.0 Å². The van der Waals surface area contributed by atoms with Crippen molar-refractivity contribution in [1.29, 1.82) is 0 Å². The number of ether oxygens (including phenoxy) is 1. The first-order valence-electron chi connectivity index (χ1n) is 6.20. The summed E-state index contributed by atoms with van der Waals surface area (Å²) in [4.78, 5) is 15.4. The maximum Gasteiger partial charge on any atom is 0.307 e. The van der Waals surface area contributed by atoms with Crippen molar-refractivity contribution in [1.82, 2.24) is 9.55 Å². The molecule has 1 atom stereocenters. The van der Waals surface area contributed by atoms with Gasteiger partial charge in [0, 0.05) is 24.1 Å². The molecule has 1 unspecified atom stereocenters. The predicted octanol–water partition coefficient (Wildman–Crippen LogP) is 1.83. The van der Waals surface area contributed by atoms with E-state index in [1.54, 1.807) is 19.4 Å². The van der Waals surface area contributed by atoms with E-state index in [9.17, 15) is 4.79 Å². The lowest BCUT2D eigenvalue weighted by atomic mass is 10.0. The zero-order valence-electron chi connectivity index (χ0n) is 10.8. The lowest BCUT2D eigenvalue weighted by Gasteiger charge is -2.12. The zero-order chi connectivity index (χ0) is 13.7. The van der Waals surface area contributed by atoms with E-state index in [0.717, 1.165) is 11.3 Å². The lowest BCUT2D eigenvalue weighted by molar-refractivity contribution is -0.143. The first-order chi connectivity index (χ1) is 9.20. The average molecular weight is 259 g/mol. The Kier molecular flexibility index (Phi) is 4.30. The van der Waals surface area contributed by atoms with Gasteiger partial charge in [-0.3, -0.25) is 4.79 Å². The van der Waals surface area contributed by atoms with Gasteiger partial charge in [-0.25, -0.2) is 4.98 Å². The first kappa shape index (κ1) is 13.3. The summed E-state index contributed by atoms with van der Waals surface area (Å²) in [5.41, 5.74) is 7.89. The van der Waals surface area contributed by atoms with Crippen LogP contribution in [0, 0.1) is 0 Å². The van der Waals surface area contributed by atoms with Crippen LogP contribution < -0.4 is 5.73 Å². The van der Waals surface area contributed by atoms with E-state index < -0.39 is 0 Å².